The van der Waals surface area contributed by atoms with Crippen molar-refractivity contribution in [2.24, 2.45) is 5.73 Å². The standard InChI is InChI=1S/C19H26N2O/c1-5-6-13-22-16-9-7-15(8-10-16)18-12-11-17(14(2)21-18)19(3,4)20/h7-12H,5-6,13,20H2,1-4H3. The van der Waals surface area contributed by atoms with Crippen molar-refractivity contribution in [2.75, 3.05) is 6.61 Å². The minimum absolute atomic E-state index is 0.368. The first-order chi connectivity index (χ1) is 10.4. The lowest BCUT2D eigenvalue weighted by molar-refractivity contribution is 0.309. The Morgan fingerprint density at radius 1 is 1.09 bits per heavy atom. The molecule has 0 aliphatic heterocycles. The van der Waals surface area contributed by atoms with Crippen molar-refractivity contribution >= 4 is 0 Å². The Kier molecular flexibility index (Phi) is 5.19. The molecule has 2 N–H and O–H groups in total. The van der Waals surface area contributed by atoms with Gasteiger partial charge in [0.1, 0.15) is 5.75 Å². The summed E-state index contributed by atoms with van der Waals surface area (Å²) in [5.41, 5.74) is 9.91. The van der Waals surface area contributed by atoms with Crippen molar-refractivity contribution in [2.45, 2.75) is 46.1 Å². The van der Waals surface area contributed by atoms with Gasteiger partial charge in [0.25, 0.3) is 0 Å². The summed E-state index contributed by atoms with van der Waals surface area (Å²) < 4.78 is 5.69. The van der Waals surface area contributed by atoms with E-state index < -0.39 is 0 Å². The fourth-order valence-corrected chi connectivity index (χ4v) is 2.46. The first-order valence-electron chi connectivity index (χ1n) is 7.92. The van der Waals surface area contributed by atoms with Gasteiger partial charge in [-0.2, -0.15) is 0 Å². The molecule has 22 heavy (non-hydrogen) atoms. The number of benzene rings is 1. The molecular formula is C19H26N2O. The van der Waals surface area contributed by atoms with Crippen LogP contribution in [-0.4, -0.2) is 11.6 Å². The number of hydrogen-bond acceptors (Lipinski definition) is 3. The minimum Gasteiger partial charge on any atom is -0.494 e. The molecular weight excluding hydrogens is 272 g/mol. The van der Waals surface area contributed by atoms with E-state index in [2.05, 4.69) is 25.1 Å². The van der Waals surface area contributed by atoms with Crippen LogP contribution in [0.5, 0.6) is 5.75 Å². The van der Waals surface area contributed by atoms with Crippen LogP contribution in [0.25, 0.3) is 11.3 Å². The van der Waals surface area contributed by atoms with Crippen molar-refractivity contribution in [1.82, 2.24) is 4.98 Å². The number of ether oxygens (including phenoxy) is 1. The lowest BCUT2D eigenvalue weighted by atomic mass is 9.93. The topological polar surface area (TPSA) is 48.1 Å². The van der Waals surface area contributed by atoms with E-state index in [9.17, 15) is 0 Å². The van der Waals surface area contributed by atoms with Crippen molar-refractivity contribution in [1.29, 1.82) is 0 Å². The quantitative estimate of drug-likeness (QED) is 0.803. The Hall–Kier alpha value is -1.87. The molecule has 3 nitrogen and oxygen atoms in total. The summed E-state index contributed by atoms with van der Waals surface area (Å²) in [5, 5.41) is 0. The van der Waals surface area contributed by atoms with Crippen molar-refractivity contribution in [3.8, 4) is 17.0 Å². The molecule has 0 unspecified atom stereocenters. The van der Waals surface area contributed by atoms with E-state index in [1.54, 1.807) is 0 Å². The number of aromatic nitrogens is 1. The van der Waals surface area contributed by atoms with Gasteiger partial charge >= 0.3 is 0 Å². The highest BCUT2D eigenvalue weighted by molar-refractivity contribution is 5.60. The largest absolute Gasteiger partial charge is 0.494 e. The van der Waals surface area contributed by atoms with Gasteiger partial charge < -0.3 is 10.5 Å². The van der Waals surface area contributed by atoms with E-state index >= 15 is 0 Å². The van der Waals surface area contributed by atoms with Crippen LogP contribution in [-0.2, 0) is 5.54 Å². The van der Waals surface area contributed by atoms with Gasteiger partial charge in [-0.05, 0) is 63.1 Å². The number of aryl methyl sites for hydroxylation is 1. The molecule has 1 aromatic carbocycles. The summed E-state index contributed by atoms with van der Waals surface area (Å²) in [6.07, 6.45) is 2.23. The Labute approximate surface area is 133 Å². The highest BCUT2D eigenvalue weighted by Gasteiger charge is 2.17. The predicted octanol–water partition coefficient (Wildman–Crippen LogP) is 4.43. The smallest absolute Gasteiger partial charge is 0.119 e. The van der Waals surface area contributed by atoms with E-state index in [-0.39, 0.29) is 5.54 Å². The zero-order chi connectivity index (χ0) is 16.2. The molecule has 0 bridgehead atoms. The van der Waals surface area contributed by atoms with Crippen LogP contribution in [0.2, 0.25) is 0 Å². The van der Waals surface area contributed by atoms with E-state index in [1.807, 2.05) is 39.0 Å². The van der Waals surface area contributed by atoms with Gasteiger partial charge in [0, 0.05) is 16.8 Å². The summed E-state index contributed by atoms with van der Waals surface area (Å²) in [7, 11) is 0. The minimum atomic E-state index is -0.368. The van der Waals surface area contributed by atoms with Crippen molar-refractivity contribution < 1.29 is 4.74 Å². The molecule has 2 aromatic rings. The molecule has 0 radical (unpaired) electrons. The maximum Gasteiger partial charge on any atom is 0.119 e. The van der Waals surface area contributed by atoms with E-state index in [0.717, 1.165) is 47.7 Å². The number of unbranched alkanes of at least 4 members (excludes halogenated alkanes) is 1. The predicted molar refractivity (Wildman–Crippen MR) is 92.0 cm³/mol. The van der Waals surface area contributed by atoms with Gasteiger partial charge in [-0.15, -0.1) is 0 Å². The van der Waals surface area contributed by atoms with Crippen LogP contribution < -0.4 is 10.5 Å². The van der Waals surface area contributed by atoms with Gasteiger partial charge in [-0.25, -0.2) is 0 Å². The number of pyridine rings is 1. The van der Waals surface area contributed by atoms with Gasteiger partial charge in [-0.3, -0.25) is 4.98 Å². The second-order valence-corrected chi connectivity index (χ2v) is 6.28. The normalized spacial score (nSPS) is 11.5. The van der Waals surface area contributed by atoms with Crippen molar-refractivity contribution in [3.63, 3.8) is 0 Å². The molecule has 118 valence electrons. The zero-order valence-corrected chi connectivity index (χ0v) is 14.0. The molecule has 0 spiro atoms. The molecule has 1 aromatic heterocycles. The maximum absolute atomic E-state index is 6.17. The van der Waals surface area contributed by atoms with Gasteiger partial charge in [0.05, 0.1) is 12.3 Å². The third-order valence-corrected chi connectivity index (χ3v) is 3.70. The first kappa shape index (κ1) is 16.5. The van der Waals surface area contributed by atoms with Crippen LogP contribution in [0.1, 0.15) is 44.9 Å². The molecule has 0 atom stereocenters. The molecule has 0 saturated heterocycles. The van der Waals surface area contributed by atoms with Gasteiger partial charge in [0.15, 0.2) is 0 Å². The Balaban J connectivity index is 2.17. The zero-order valence-electron chi connectivity index (χ0n) is 14.0. The fourth-order valence-electron chi connectivity index (χ4n) is 2.46. The first-order valence-corrected chi connectivity index (χ1v) is 7.92. The Morgan fingerprint density at radius 2 is 1.77 bits per heavy atom. The average molecular weight is 298 g/mol. The van der Waals surface area contributed by atoms with Crippen LogP contribution in [0, 0.1) is 6.92 Å². The van der Waals surface area contributed by atoms with E-state index in [4.69, 9.17) is 15.5 Å². The maximum atomic E-state index is 6.17. The lowest BCUT2D eigenvalue weighted by Crippen LogP contribution is -2.29. The molecule has 3 heteroatoms. The number of rotatable bonds is 6. The Bertz CT molecular complexity index is 612. The number of nitrogens with two attached hydrogens (primary N) is 1. The van der Waals surface area contributed by atoms with Crippen LogP contribution in [0.15, 0.2) is 36.4 Å². The summed E-state index contributed by atoms with van der Waals surface area (Å²) >= 11 is 0. The molecule has 0 saturated carbocycles. The van der Waals surface area contributed by atoms with Crippen LogP contribution in [0.4, 0.5) is 0 Å². The summed E-state index contributed by atoms with van der Waals surface area (Å²) in [6.45, 7) is 8.94. The van der Waals surface area contributed by atoms with Crippen LogP contribution >= 0.6 is 0 Å². The molecule has 0 amide bonds. The monoisotopic (exact) mass is 298 g/mol. The van der Waals surface area contributed by atoms with Gasteiger partial charge in [0.2, 0.25) is 0 Å². The third kappa shape index (κ3) is 4.08. The second-order valence-electron chi connectivity index (χ2n) is 6.28. The SMILES string of the molecule is CCCCOc1ccc(-c2ccc(C(C)(C)N)c(C)n2)cc1. The third-order valence-electron chi connectivity index (χ3n) is 3.70. The van der Waals surface area contributed by atoms with Gasteiger partial charge in [-0.1, -0.05) is 19.4 Å². The van der Waals surface area contributed by atoms with Crippen LogP contribution in [0.3, 0.4) is 0 Å². The van der Waals surface area contributed by atoms with E-state index in [1.165, 1.54) is 0 Å². The van der Waals surface area contributed by atoms with E-state index in [0.29, 0.717) is 0 Å². The molecule has 0 fully saturated rings. The number of nitrogens with zero attached hydrogens (tertiary/aromatic N) is 1. The summed E-state index contributed by atoms with van der Waals surface area (Å²) in [6, 6.07) is 12.2. The molecule has 2 rings (SSSR count). The summed E-state index contributed by atoms with van der Waals surface area (Å²) in [4.78, 5) is 4.69. The number of hydrogen-bond donors (Lipinski definition) is 1. The lowest BCUT2D eigenvalue weighted by Gasteiger charge is -2.21. The summed E-state index contributed by atoms with van der Waals surface area (Å²) in [5.74, 6) is 0.911. The molecule has 0 aliphatic rings. The molecule has 0 aliphatic carbocycles. The Morgan fingerprint density at radius 3 is 2.32 bits per heavy atom. The fraction of sp³-hybridized carbons (Fsp3) is 0.421. The average Bonchev–Trinajstić information content (AvgIpc) is 2.47. The highest BCUT2D eigenvalue weighted by Crippen LogP contribution is 2.25. The highest BCUT2D eigenvalue weighted by atomic mass is 16.5. The van der Waals surface area contributed by atoms with Crippen molar-refractivity contribution in [3.05, 3.63) is 47.7 Å². The molecule has 1 heterocycles. The second kappa shape index (κ2) is 6.93.